The minimum absolute atomic E-state index is 0.238. The zero-order chi connectivity index (χ0) is 16.3. The summed E-state index contributed by atoms with van der Waals surface area (Å²) in [5.74, 6) is -0.646. The number of amides is 1. The smallest absolute Gasteiger partial charge is 0.238 e. The highest BCUT2D eigenvalue weighted by Crippen LogP contribution is 2.29. The van der Waals surface area contributed by atoms with Gasteiger partial charge in [-0.15, -0.1) is 0 Å². The summed E-state index contributed by atoms with van der Waals surface area (Å²) in [5.41, 5.74) is 5.30. The van der Waals surface area contributed by atoms with Crippen LogP contribution in [0.1, 0.15) is 59.8 Å². The first-order chi connectivity index (χ1) is 9.55. The lowest BCUT2D eigenvalue weighted by molar-refractivity contribution is -0.121. The third-order valence-electron chi connectivity index (χ3n) is 3.95. The molecule has 1 atom stereocenters. The monoisotopic (exact) mass is 318 g/mol. The third-order valence-corrected chi connectivity index (χ3v) is 6.82. The average molecular weight is 318 g/mol. The average Bonchev–Trinajstić information content (AvgIpc) is 2.36. The molecule has 0 saturated heterocycles. The fourth-order valence-corrected chi connectivity index (χ4v) is 5.39. The van der Waals surface area contributed by atoms with Gasteiger partial charge in [0, 0.05) is 12.1 Å². The molecule has 1 saturated carbocycles. The van der Waals surface area contributed by atoms with Crippen LogP contribution in [-0.2, 0) is 14.6 Å². The number of rotatable bonds is 6. The van der Waals surface area contributed by atoms with Crippen LogP contribution in [-0.4, -0.2) is 36.9 Å². The number of carbonyl (C=O) groups excluding carboxylic acids is 1. The normalized spacial score (nSPS) is 19.5. The second kappa shape index (κ2) is 7.09. The van der Waals surface area contributed by atoms with Crippen molar-refractivity contribution in [2.45, 2.75) is 75.8 Å². The van der Waals surface area contributed by atoms with Gasteiger partial charge in [-0.3, -0.25) is 4.79 Å². The standard InChI is InChI=1S/C15H30N2O3S/c1-11(2)13(14(18)17-10-15(3,4)16)21(19,20)12-8-6-5-7-9-12/h11-13H,5-10,16H2,1-4H3,(H,17,18). The molecule has 0 aromatic carbocycles. The molecule has 1 aliphatic rings. The lowest BCUT2D eigenvalue weighted by atomic mass is 10.0. The zero-order valence-corrected chi connectivity index (χ0v) is 14.5. The largest absolute Gasteiger partial charge is 0.353 e. The van der Waals surface area contributed by atoms with Gasteiger partial charge in [-0.2, -0.15) is 0 Å². The van der Waals surface area contributed by atoms with E-state index in [1.807, 2.05) is 0 Å². The summed E-state index contributed by atoms with van der Waals surface area (Å²) in [7, 11) is -3.44. The molecule has 3 N–H and O–H groups in total. The molecule has 0 radical (unpaired) electrons. The quantitative estimate of drug-likeness (QED) is 0.778. The van der Waals surface area contributed by atoms with Crippen LogP contribution in [0, 0.1) is 5.92 Å². The molecule has 21 heavy (non-hydrogen) atoms. The third kappa shape index (κ3) is 5.25. The summed E-state index contributed by atoms with van der Waals surface area (Å²) >= 11 is 0. The number of carbonyl (C=O) groups is 1. The Kier molecular flexibility index (Phi) is 6.23. The van der Waals surface area contributed by atoms with Crippen molar-refractivity contribution >= 4 is 15.7 Å². The van der Waals surface area contributed by atoms with Crippen LogP contribution < -0.4 is 11.1 Å². The highest BCUT2D eigenvalue weighted by atomic mass is 32.2. The Labute approximate surface area is 129 Å². The molecule has 1 aliphatic carbocycles. The summed E-state index contributed by atoms with van der Waals surface area (Å²) in [5, 5.41) is 1.37. The molecule has 0 bridgehead atoms. The van der Waals surface area contributed by atoms with Crippen molar-refractivity contribution in [2.24, 2.45) is 11.7 Å². The lowest BCUT2D eigenvalue weighted by Gasteiger charge is -2.29. The van der Waals surface area contributed by atoms with E-state index < -0.39 is 26.5 Å². The van der Waals surface area contributed by atoms with Gasteiger partial charge in [-0.25, -0.2) is 8.42 Å². The van der Waals surface area contributed by atoms with E-state index in [-0.39, 0.29) is 17.7 Å². The predicted molar refractivity (Wildman–Crippen MR) is 85.7 cm³/mol. The van der Waals surface area contributed by atoms with Gasteiger partial charge in [-0.1, -0.05) is 33.1 Å². The van der Waals surface area contributed by atoms with Gasteiger partial charge < -0.3 is 11.1 Å². The minimum Gasteiger partial charge on any atom is -0.353 e. The molecule has 6 heteroatoms. The van der Waals surface area contributed by atoms with Crippen LogP contribution in [0.2, 0.25) is 0 Å². The number of sulfone groups is 1. The maximum absolute atomic E-state index is 12.8. The van der Waals surface area contributed by atoms with E-state index in [4.69, 9.17) is 5.73 Å². The van der Waals surface area contributed by atoms with E-state index in [1.165, 1.54) is 0 Å². The van der Waals surface area contributed by atoms with E-state index in [0.29, 0.717) is 12.8 Å². The topological polar surface area (TPSA) is 89.3 Å². The van der Waals surface area contributed by atoms with Crippen molar-refractivity contribution in [3.05, 3.63) is 0 Å². The van der Waals surface area contributed by atoms with Gasteiger partial charge in [0.25, 0.3) is 0 Å². The fourth-order valence-electron chi connectivity index (χ4n) is 2.85. The van der Waals surface area contributed by atoms with Crippen molar-refractivity contribution in [1.82, 2.24) is 5.32 Å². The van der Waals surface area contributed by atoms with Gasteiger partial charge in [0.2, 0.25) is 5.91 Å². The van der Waals surface area contributed by atoms with E-state index in [2.05, 4.69) is 5.32 Å². The molecular weight excluding hydrogens is 288 g/mol. The molecule has 0 aromatic rings. The van der Waals surface area contributed by atoms with Gasteiger partial charge in [0.15, 0.2) is 9.84 Å². The molecule has 0 aliphatic heterocycles. The van der Waals surface area contributed by atoms with Crippen molar-refractivity contribution < 1.29 is 13.2 Å². The van der Waals surface area contributed by atoms with Crippen molar-refractivity contribution in [3.8, 4) is 0 Å². The maximum atomic E-state index is 12.8. The summed E-state index contributed by atoms with van der Waals surface area (Å²) in [6.45, 7) is 7.45. The van der Waals surface area contributed by atoms with Crippen LogP contribution >= 0.6 is 0 Å². The summed E-state index contributed by atoms with van der Waals surface area (Å²) in [6, 6.07) is 0. The Bertz CT molecular complexity index is 446. The molecule has 1 rings (SSSR count). The number of nitrogens with one attached hydrogen (secondary N) is 1. The highest BCUT2D eigenvalue weighted by molar-refractivity contribution is 7.93. The first kappa shape index (κ1) is 18.4. The molecule has 1 fully saturated rings. The SMILES string of the molecule is CC(C)C(C(=O)NCC(C)(C)N)S(=O)(=O)C1CCCCC1. The van der Waals surface area contributed by atoms with E-state index in [1.54, 1.807) is 27.7 Å². The maximum Gasteiger partial charge on any atom is 0.238 e. The van der Waals surface area contributed by atoms with Crippen molar-refractivity contribution in [2.75, 3.05) is 6.54 Å². The second-order valence-electron chi connectivity index (χ2n) is 7.22. The van der Waals surface area contributed by atoms with Crippen LogP contribution in [0.3, 0.4) is 0 Å². The Hall–Kier alpha value is -0.620. The van der Waals surface area contributed by atoms with Crippen molar-refractivity contribution in [1.29, 1.82) is 0 Å². The molecule has 5 nitrogen and oxygen atoms in total. The molecule has 0 heterocycles. The summed E-state index contributed by atoms with van der Waals surface area (Å²) in [4.78, 5) is 12.4. The van der Waals surface area contributed by atoms with Gasteiger partial charge >= 0.3 is 0 Å². The first-order valence-corrected chi connectivity index (χ1v) is 9.46. The number of hydrogen-bond acceptors (Lipinski definition) is 4. The van der Waals surface area contributed by atoms with Crippen LogP contribution in [0.25, 0.3) is 0 Å². The van der Waals surface area contributed by atoms with Gasteiger partial charge in [-0.05, 0) is 32.6 Å². The van der Waals surface area contributed by atoms with Crippen LogP contribution in [0.4, 0.5) is 0 Å². The van der Waals surface area contributed by atoms with Crippen LogP contribution in [0.15, 0.2) is 0 Å². The van der Waals surface area contributed by atoms with E-state index in [0.717, 1.165) is 19.3 Å². The zero-order valence-electron chi connectivity index (χ0n) is 13.7. The Morgan fingerprint density at radius 3 is 2.19 bits per heavy atom. The molecule has 0 spiro atoms. The molecule has 1 amide bonds. The minimum atomic E-state index is -3.44. The van der Waals surface area contributed by atoms with Crippen LogP contribution in [0.5, 0.6) is 0 Å². The lowest BCUT2D eigenvalue weighted by Crippen LogP contribution is -2.52. The molecular formula is C15H30N2O3S. The predicted octanol–water partition coefficient (Wildman–Crippen LogP) is 1.61. The highest BCUT2D eigenvalue weighted by Gasteiger charge is 2.41. The Morgan fingerprint density at radius 1 is 1.24 bits per heavy atom. The molecule has 124 valence electrons. The first-order valence-electron chi connectivity index (χ1n) is 7.85. The van der Waals surface area contributed by atoms with Gasteiger partial charge in [0.05, 0.1) is 5.25 Å². The fraction of sp³-hybridized carbons (Fsp3) is 0.933. The van der Waals surface area contributed by atoms with Crippen molar-refractivity contribution in [3.63, 3.8) is 0 Å². The Morgan fingerprint density at radius 2 is 1.76 bits per heavy atom. The van der Waals surface area contributed by atoms with E-state index in [9.17, 15) is 13.2 Å². The van der Waals surface area contributed by atoms with Gasteiger partial charge in [0.1, 0.15) is 5.25 Å². The second-order valence-corrected chi connectivity index (χ2v) is 9.57. The number of hydrogen-bond donors (Lipinski definition) is 2. The number of nitrogens with two attached hydrogens (primary N) is 1. The van der Waals surface area contributed by atoms with E-state index >= 15 is 0 Å². The molecule has 1 unspecified atom stereocenters. The summed E-state index contributed by atoms with van der Waals surface area (Å²) in [6.07, 6.45) is 4.33. The Balaban J connectivity index is 2.87. The summed E-state index contributed by atoms with van der Waals surface area (Å²) < 4.78 is 25.6. The molecule has 0 aromatic heterocycles.